The van der Waals surface area contributed by atoms with Crippen molar-refractivity contribution in [3.63, 3.8) is 0 Å². The molecule has 4 heterocycles. The Balaban J connectivity index is 1.28. The zero-order valence-corrected chi connectivity index (χ0v) is 18.4. The topological polar surface area (TPSA) is 71.3 Å². The predicted octanol–water partition coefficient (Wildman–Crippen LogP) is 3.92. The van der Waals surface area contributed by atoms with E-state index >= 15 is 0 Å². The summed E-state index contributed by atoms with van der Waals surface area (Å²) in [4.78, 5) is 4.30. The Bertz CT molecular complexity index is 1100. The van der Waals surface area contributed by atoms with Gasteiger partial charge < -0.3 is 14.2 Å². The summed E-state index contributed by atoms with van der Waals surface area (Å²) < 4.78 is 20.6. The Morgan fingerprint density at radius 3 is 2.62 bits per heavy atom. The van der Waals surface area contributed by atoms with Crippen LogP contribution in [0.15, 0.2) is 42.6 Å². The van der Waals surface area contributed by atoms with E-state index in [9.17, 15) is 0 Å². The Kier molecular flexibility index (Phi) is 4.96. The van der Waals surface area contributed by atoms with E-state index in [2.05, 4.69) is 39.8 Å². The third-order valence-corrected chi connectivity index (χ3v) is 6.90. The third-order valence-electron chi connectivity index (χ3n) is 6.90. The van der Waals surface area contributed by atoms with Crippen LogP contribution in [0.1, 0.15) is 54.4 Å². The summed E-state index contributed by atoms with van der Waals surface area (Å²) in [5, 5.41) is 9.33. The summed E-state index contributed by atoms with van der Waals surface area (Å²) in [5.74, 6) is 2.41. The number of hydrogen-bond donors (Lipinski definition) is 0. The first-order valence-electron chi connectivity index (χ1n) is 11.6. The number of aromatic nitrogens is 4. The molecule has 0 unspecified atom stereocenters. The molecule has 1 aliphatic carbocycles. The first-order chi connectivity index (χ1) is 15.7. The molecule has 1 saturated heterocycles. The minimum Gasteiger partial charge on any atom is -0.474 e. The number of rotatable bonds is 3. The number of ether oxygens (including phenoxy) is 3. The summed E-state index contributed by atoms with van der Waals surface area (Å²) in [6.45, 7) is 3.38. The van der Waals surface area contributed by atoms with Gasteiger partial charge in [-0.25, -0.2) is 4.98 Å². The van der Waals surface area contributed by atoms with Crippen molar-refractivity contribution in [3.05, 3.63) is 65.4 Å². The third kappa shape index (κ3) is 3.59. The quantitative estimate of drug-likeness (QED) is 0.625. The first kappa shape index (κ1) is 19.9. The molecule has 0 amide bonds. The van der Waals surface area contributed by atoms with Crippen molar-refractivity contribution in [3.8, 4) is 11.6 Å². The van der Waals surface area contributed by atoms with E-state index in [1.54, 1.807) is 6.20 Å². The van der Waals surface area contributed by atoms with Gasteiger partial charge in [-0.15, -0.1) is 10.2 Å². The molecule has 0 bridgehead atoms. The molecule has 3 aromatic rings. The second kappa shape index (κ2) is 7.98. The highest BCUT2D eigenvalue weighted by atomic mass is 16.7. The van der Waals surface area contributed by atoms with Gasteiger partial charge in [-0.3, -0.25) is 4.57 Å². The molecule has 1 spiro atoms. The predicted molar refractivity (Wildman–Crippen MR) is 118 cm³/mol. The Labute approximate surface area is 187 Å². The van der Waals surface area contributed by atoms with Crippen LogP contribution in [0.5, 0.6) is 5.88 Å². The maximum absolute atomic E-state index is 6.11. The van der Waals surface area contributed by atoms with Gasteiger partial charge in [0, 0.05) is 24.6 Å². The lowest BCUT2D eigenvalue weighted by atomic mass is 9.86. The maximum Gasteiger partial charge on any atom is 0.213 e. The van der Waals surface area contributed by atoms with Gasteiger partial charge in [-0.2, -0.15) is 0 Å². The van der Waals surface area contributed by atoms with Gasteiger partial charge in [0.1, 0.15) is 17.8 Å². The normalized spacial score (nSPS) is 24.0. The van der Waals surface area contributed by atoms with E-state index in [0.717, 1.165) is 49.4 Å². The molecule has 2 aromatic heterocycles. The number of fused-ring (bicyclic) bond motifs is 3. The molecule has 2 fully saturated rings. The standard InChI is InChI=1S/C25H28N4O3/c1-17-5-10-21-19(14-17)15-25(30-12-13-31-25)16-22-27-28-24(29(21)22)18-6-8-20(9-7-18)32-23-4-2-3-11-26-23/h2-5,10-11,14,18,20H,6-9,12-13,15-16H2,1H3. The number of aryl methyl sites for hydroxylation is 1. The minimum absolute atomic E-state index is 0.200. The van der Waals surface area contributed by atoms with Crippen LogP contribution in [-0.2, 0) is 22.3 Å². The summed E-state index contributed by atoms with van der Waals surface area (Å²) in [6.07, 6.45) is 7.34. The fraction of sp³-hybridized carbons (Fsp3) is 0.480. The molecule has 166 valence electrons. The van der Waals surface area contributed by atoms with Crippen LogP contribution in [0.4, 0.5) is 0 Å². The molecular weight excluding hydrogens is 404 g/mol. The molecule has 0 atom stereocenters. The molecular formula is C25H28N4O3. The van der Waals surface area contributed by atoms with Crippen molar-refractivity contribution in [2.45, 2.75) is 63.3 Å². The molecule has 1 saturated carbocycles. The van der Waals surface area contributed by atoms with Gasteiger partial charge in [-0.1, -0.05) is 23.8 Å². The van der Waals surface area contributed by atoms with E-state index in [4.69, 9.17) is 19.3 Å². The van der Waals surface area contributed by atoms with E-state index in [1.807, 2.05) is 18.2 Å². The second-order valence-electron chi connectivity index (χ2n) is 9.16. The summed E-state index contributed by atoms with van der Waals surface area (Å²) >= 11 is 0. The van der Waals surface area contributed by atoms with Crippen LogP contribution in [0.25, 0.3) is 5.69 Å². The lowest BCUT2D eigenvalue weighted by Gasteiger charge is -2.28. The average Bonchev–Trinajstić information content (AvgIpc) is 3.40. The SMILES string of the molecule is Cc1ccc2c(c1)CC1(Cc3nnc(C4CCC(Oc5ccccn5)CC4)n3-2)OCCO1. The van der Waals surface area contributed by atoms with E-state index < -0.39 is 5.79 Å². The molecule has 1 aromatic carbocycles. The van der Waals surface area contributed by atoms with Crippen LogP contribution in [0.3, 0.4) is 0 Å². The summed E-state index contributed by atoms with van der Waals surface area (Å²) in [7, 11) is 0. The van der Waals surface area contributed by atoms with Crippen molar-refractivity contribution < 1.29 is 14.2 Å². The van der Waals surface area contributed by atoms with Gasteiger partial charge in [0.05, 0.1) is 25.3 Å². The van der Waals surface area contributed by atoms with E-state index in [1.165, 1.54) is 11.1 Å². The van der Waals surface area contributed by atoms with Gasteiger partial charge in [-0.05, 0) is 50.3 Å². The zero-order valence-electron chi connectivity index (χ0n) is 18.4. The Morgan fingerprint density at radius 2 is 1.84 bits per heavy atom. The number of benzene rings is 1. The fourth-order valence-electron chi connectivity index (χ4n) is 5.37. The lowest BCUT2D eigenvalue weighted by molar-refractivity contribution is -0.155. The number of nitrogens with zero attached hydrogens (tertiary/aromatic N) is 4. The van der Waals surface area contributed by atoms with Crippen molar-refractivity contribution in [2.24, 2.45) is 0 Å². The van der Waals surface area contributed by atoms with Crippen molar-refractivity contribution in [1.29, 1.82) is 0 Å². The average molecular weight is 433 g/mol. The van der Waals surface area contributed by atoms with Crippen LogP contribution >= 0.6 is 0 Å². The van der Waals surface area contributed by atoms with Crippen molar-refractivity contribution in [1.82, 2.24) is 19.7 Å². The van der Waals surface area contributed by atoms with Gasteiger partial charge in [0.15, 0.2) is 5.79 Å². The van der Waals surface area contributed by atoms with Crippen LogP contribution in [0.2, 0.25) is 0 Å². The van der Waals surface area contributed by atoms with Gasteiger partial charge >= 0.3 is 0 Å². The minimum atomic E-state index is -0.630. The monoisotopic (exact) mass is 432 g/mol. The molecule has 7 nitrogen and oxygen atoms in total. The van der Waals surface area contributed by atoms with E-state index in [-0.39, 0.29) is 6.10 Å². The molecule has 3 aliphatic rings. The molecule has 0 radical (unpaired) electrons. The maximum atomic E-state index is 6.11. The second-order valence-corrected chi connectivity index (χ2v) is 9.16. The molecule has 0 N–H and O–H groups in total. The van der Waals surface area contributed by atoms with Gasteiger partial charge in [0.2, 0.25) is 5.88 Å². The van der Waals surface area contributed by atoms with Crippen molar-refractivity contribution >= 4 is 0 Å². The Hall–Kier alpha value is -2.77. The van der Waals surface area contributed by atoms with Gasteiger partial charge in [0.25, 0.3) is 0 Å². The van der Waals surface area contributed by atoms with Crippen LogP contribution in [0, 0.1) is 6.92 Å². The first-order valence-corrected chi connectivity index (χ1v) is 11.6. The van der Waals surface area contributed by atoms with Crippen molar-refractivity contribution in [2.75, 3.05) is 13.2 Å². The summed E-state index contributed by atoms with van der Waals surface area (Å²) in [6, 6.07) is 12.4. The van der Waals surface area contributed by atoms with Crippen LogP contribution in [-0.4, -0.2) is 44.9 Å². The summed E-state index contributed by atoms with van der Waals surface area (Å²) in [5.41, 5.74) is 3.63. The highest BCUT2D eigenvalue weighted by Gasteiger charge is 2.42. The number of hydrogen-bond acceptors (Lipinski definition) is 6. The lowest BCUT2D eigenvalue weighted by Crippen LogP contribution is -2.35. The smallest absolute Gasteiger partial charge is 0.213 e. The van der Waals surface area contributed by atoms with E-state index in [0.29, 0.717) is 31.4 Å². The zero-order chi connectivity index (χ0) is 21.5. The molecule has 7 heteroatoms. The molecule has 6 rings (SSSR count). The highest BCUT2D eigenvalue weighted by molar-refractivity contribution is 5.47. The molecule has 32 heavy (non-hydrogen) atoms. The number of pyridine rings is 1. The largest absolute Gasteiger partial charge is 0.474 e. The van der Waals surface area contributed by atoms with Crippen LogP contribution < -0.4 is 4.74 Å². The fourth-order valence-corrected chi connectivity index (χ4v) is 5.37. The highest BCUT2D eigenvalue weighted by Crippen LogP contribution is 2.39. The Morgan fingerprint density at radius 1 is 1.00 bits per heavy atom. The molecule has 2 aliphatic heterocycles.